The first-order valence-corrected chi connectivity index (χ1v) is 7.05. The number of aromatic nitrogens is 4. The highest BCUT2D eigenvalue weighted by Crippen LogP contribution is 2.24. The fourth-order valence-electron chi connectivity index (χ4n) is 2.68. The van der Waals surface area contributed by atoms with Crippen molar-refractivity contribution in [2.45, 2.75) is 12.5 Å². The van der Waals surface area contributed by atoms with Crippen LogP contribution in [0.15, 0.2) is 36.9 Å². The molecule has 3 aromatic heterocycles. The van der Waals surface area contributed by atoms with E-state index in [4.69, 9.17) is 9.84 Å². The number of hydrogen-bond acceptors (Lipinski definition) is 4. The Morgan fingerprint density at radius 1 is 1.27 bits per heavy atom. The van der Waals surface area contributed by atoms with Gasteiger partial charge in [-0.3, -0.25) is 4.68 Å². The minimum absolute atomic E-state index is 0.0379. The van der Waals surface area contributed by atoms with Crippen molar-refractivity contribution in [3.8, 4) is 11.1 Å². The van der Waals surface area contributed by atoms with Gasteiger partial charge in [0.15, 0.2) is 5.69 Å². The zero-order valence-electron chi connectivity index (χ0n) is 11.7. The Morgan fingerprint density at radius 3 is 2.95 bits per heavy atom. The van der Waals surface area contributed by atoms with Crippen molar-refractivity contribution in [2.75, 3.05) is 13.2 Å². The maximum atomic E-state index is 11.0. The van der Waals surface area contributed by atoms with Gasteiger partial charge in [-0.1, -0.05) is 0 Å². The molecule has 1 N–H and O–H groups in total. The van der Waals surface area contributed by atoms with E-state index in [0.29, 0.717) is 18.3 Å². The summed E-state index contributed by atoms with van der Waals surface area (Å²) >= 11 is 0. The first-order valence-electron chi connectivity index (χ1n) is 7.05. The predicted octanol–water partition coefficient (Wildman–Crippen LogP) is 1.86. The van der Waals surface area contributed by atoms with Crippen LogP contribution in [0.1, 0.15) is 23.0 Å². The summed E-state index contributed by atoms with van der Waals surface area (Å²) in [7, 11) is 0. The van der Waals surface area contributed by atoms with E-state index in [-0.39, 0.29) is 5.69 Å². The SMILES string of the molecule is O=C(O)c1cn2cc(-c3cnn(C4CCOC4)c3)ccc2n1. The van der Waals surface area contributed by atoms with Crippen molar-refractivity contribution in [3.05, 3.63) is 42.6 Å². The fourth-order valence-corrected chi connectivity index (χ4v) is 2.68. The minimum Gasteiger partial charge on any atom is -0.476 e. The first-order chi connectivity index (χ1) is 10.7. The van der Waals surface area contributed by atoms with Crippen LogP contribution in [-0.4, -0.2) is 43.5 Å². The van der Waals surface area contributed by atoms with E-state index in [1.54, 1.807) is 10.5 Å². The largest absolute Gasteiger partial charge is 0.476 e. The number of fused-ring (bicyclic) bond motifs is 1. The molecule has 112 valence electrons. The van der Waals surface area contributed by atoms with Crippen molar-refractivity contribution >= 4 is 11.6 Å². The lowest BCUT2D eigenvalue weighted by atomic mass is 10.1. The molecule has 1 unspecified atom stereocenters. The molecule has 0 aromatic carbocycles. The van der Waals surface area contributed by atoms with Gasteiger partial charge in [0.1, 0.15) is 5.65 Å². The van der Waals surface area contributed by atoms with Gasteiger partial charge in [0.25, 0.3) is 0 Å². The van der Waals surface area contributed by atoms with Crippen molar-refractivity contribution in [1.82, 2.24) is 19.2 Å². The van der Waals surface area contributed by atoms with Gasteiger partial charge >= 0.3 is 5.97 Å². The van der Waals surface area contributed by atoms with E-state index >= 15 is 0 Å². The number of hydrogen-bond donors (Lipinski definition) is 1. The van der Waals surface area contributed by atoms with Crippen molar-refractivity contribution in [1.29, 1.82) is 0 Å². The molecule has 0 spiro atoms. The molecule has 0 amide bonds. The number of aromatic carboxylic acids is 1. The molecule has 1 aliphatic heterocycles. The van der Waals surface area contributed by atoms with Gasteiger partial charge in [-0.2, -0.15) is 5.10 Å². The molecule has 1 aliphatic rings. The fraction of sp³-hybridized carbons (Fsp3) is 0.267. The topological polar surface area (TPSA) is 81.6 Å². The molecule has 22 heavy (non-hydrogen) atoms. The number of rotatable bonds is 3. The van der Waals surface area contributed by atoms with Crippen LogP contribution in [0.2, 0.25) is 0 Å². The second kappa shape index (κ2) is 4.96. The Balaban J connectivity index is 1.69. The average Bonchev–Trinajstić information content (AvgIpc) is 3.24. The molecular weight excluding hydrogens is 284 g/mol. The molecule has 0 saturated carbocycles. The molecular formula is C15H14N4O3. The van der Waals surface area contributed by atoms with Gasteiger partial charge < -0.3 is 14.2 Å². The van der Waals surface area contributed by atoms with E-state index in [2.05, 4.69) is 10.1 Å². The monoisotopic (exact) mass is 298 g/mol. The lowest BCUT2D eigenvalue weighted by Gasteiger charge is -2.06. The number of imidazole rings is 1. The van der Waals surface area contributed by atoms with Crippen LogP contribution in [0.25, 0.3) is 16.8 Å². The first kappa shape index (κ1) is 13.0. The number of ether oxygens (including phenoxy) is 1. The predicted molar refractivity (Wildman–Crippen MR) is 77.8 cm³/mol. The third kappa shape index (κ3) is 2.15. The summed E-state index contributed by atoms with van der Waals surface area (Å²) in [5.41, 5.74) is 2.60. The van der Waals surface area contributed by atoms with Crippen molar-refractivity contribution < 1.29 is 14.6 Å². The number of pyridine rings is 1. The number of carbonyl (C=O) groups is 1. The summed E-state index contributed by atoms with van der Waals surface area (Å²) in [6, 6.07) is 4.02. The third-order valence-electron chi connectivity index (χ3n) is 3.88. The van der Waals surface area contributed by atoms with E-state index in [1.165, 1.54) is 6.20 Å². The van der Waals surface area contributed by atoms with Gasteiger partial charge in [-0.25, -0.2) is 9.78 Å². The Kier molecular flexibility index (Phi) is 2.93. The van der Waals surface area contributed by atoms with Gasteiger partial charge in [0.05, 0.1) is 18.8 Å². The Labute approximate surface area is 125 Å². The highest BCUT2D eigenvalue weighted by atomic mass is 16.5. The van der Waals surface area contributed by atoms with Crippen LogP contribution in [0.5, 0.6) is 0 Å². The lowest BCUT2D eigenvalue weighted by Crippen LogP contribution is -2.08. The van der Waals surface area contributed by atoms with Gasteiger partial charge in [-0.05, 0) is 18.6 Å². The second-order valence-electron chi connectivity index (χ2n) is 5.34. The zero-order chi connectivity index (χ0) is 15.1. The summed E-state index contributed by atoms with van der Waals surface area (Å²) in [5, 5.41) is 13.4. The van der Waals surface area contributed by atoms with Crippen LogP contribution < -0.4 is 0 Å². The highest BCUT2D eigenvalue weighted by Gasteiger charge is 2.18. The average molecular weight is 298 g/mol. The number of carboxylic acid groups (broad SMARTS) is 1. The van der Waals surface area contributed by atoms with Gasteiger partial charge in [0.2, 0.25) is 0 Å². The van der Waals surface area contributed by atoms with Crippen LogP contribution >= 0.6 is 0 Å². The molecule has 1 fully saturated rings. The van der Waals surface area contributed by atoms with Crippen molar-refractivity contribution in [3.63, 3.8) is 0 Å². The zero-order valence-corrected chi connectivity index (χ0v) is 11.7. The Morgan fingerprint density at radius 2 is 2.18 bits per heavy atom. The summed E-state index contributed by atoms with van der Waals surface area (Å²) in [4.78, 5) is 15.0. The third-order valence-corrected chi connectivity index (χ3v) is 3.88. The molecule has 0 radical (unpaired) electrons. The molecule has 1 atom stereocenters. The summed E-state index contributed by atoms with van der Waals surface area (Å²) in [6.07, 6.45) is 8.16. The molecule has 4 rings (SSSR count). The molecule has 3 aromatic rings. The number of nitrogens with zero attached hydrogens (tertiary/aromatic N) is 4. The van der Waals surface area contributed by atoms with E-state index in [1.807, 2.05) is 29.3 Å². The van der Waals surface area contributed by atoms with E-state index < -0.39 is 5.97 Å². The van der Waals surface area contributed by atoms with Crippen LogP contribution in [0.4, 0.5) is 0 Å². The van der Waals surface area contributed by atoms with Crippen LogP contribution in [0.3, 0.4) is 0 Å². The molecule has 7 nitrogen and oxygen atoms in total. The second-order valence-corrected chi connectivity index (χ2v) is 5.34. The molecule has 0 bridgehead atoms. The van der Waals surface area contributed by atoms with Crippen molar-refractivity contribution in [2.24, 2.45) is 0 Å². The quantitative estimate of drug-likeness (QED) is 0.798. The van der Waals surface area contributed by atoms with Crippen LogP contribution in [-0.2, 0) is 4.74 Å². The molecule has 1 saturated heterocycles. The maximum absolute atomic E-state index is 11.0. The lowest BCUT2D eigenvalue weighted by molar-refractivity contribution is 0.0691. The van der Waals surface area contributed by atoms with E-state index in [0.717, 1.165) is 24.2 Å². The smallest absolute Gasteiger partial charge is 0.356 e. The van der Waals surface area contributed by atoms with E-state index in [9.17, 15) is 4.79 Å². The number of carboxylic acids is 1. The van der Waals surface area contributed by atoms with Gasteiger partial charge in [-0.15, -0.1) is 0 Å². The molecule has 4 heterocycles. The van der Waals surface area contributed by atoms with Crippen LogP contribution in [0, 0.1) is 0 Å². The standard InChI is InChI=1S/C15H14N4O3/c20-15(21)13-8-18-6-10(1-2-14(18)17-13)11-5-16-19(7-11)12-3-4-22-9-12/h1-2,5-8,12H,3-4,9H2,(H,20,21). The summed E-state index contributed by atoms with van der Waals surface area (Å²) in [5.74, 6) is -1.03. The molecule has 0 aliphatic carbocycles. The maximum Gasteiger partial charge on any atom is 0.356 e. The Bertz CT molecular complexity index is 845. The van der Waals surface area contributed by atoms with Gasteiger partial charge in [0, 0.05) is 36.3 Å². The minimum atomic E-state index is -1.03. The summed E-state index contributed by atoms with van der Waals surface area (Å²) in [6.45, 7) is 1.47. The highest BCUT2D eigenvalue weighted by molar-refractivity contribution is 5.86. The summed E-state index contributed by atoms with van der Waals surface area (Å²) < 4.78 is 9.03. The molecule has 7 heteroatoms. The Hall–Kier alpha value is -2.67. The normalized spacial score (nSPS) is 18.1.